The molecule has 0 bridgehead atoms. The average Bonchev–Trinajstić information content (AvgIpc) is 2.73. The van der Waals surface area contributed by atoms with Gasteiger partial charge in [0.25, 0.3) is 5.91 Å². The minimum atomic E-state index is -0.231. The highest BCUT2D eigenvalue weighted by Gasteiger charge is 2.13. The van der Waals surface area contributed by atoms with Crippen LogP contribution in [0.4, 0.5) is 5.69 Å². The molecule has 3 aromatic carbocycles. The van der Waals surface area contributed by atoms with E-state index in [-0.39, 0.29) is 18.2 Å². The summed E-state index contributed by atoms with van der Waals surface area (Å²) < 4.78 is 5.25. The van der Waals surface area contributed by atoms with E-state index in [9.17, 15) is 9.59 Å². The molecule has 3 aromatic rings. The molecule has 5 heteroatoms. The Balaban J connectivity index is 1.65. The molecule has 0 atom stereocenters. The molecule has 0 aliphatic heterocycles. The van der Waals surface area contributed by atoms with Crippen LogP contribution < -0.4 is 15.4 Å². The number of carbonyl (C=O) groups is 2. The number of rotatable bonds is 7. The third-order valence-electron chi connectivity index (χ3n) is 4.57. The van der Waals surface area contributed by atoms with Crippen LogP contribution in [0.5, 0.6) is 5.75 Å². The highest BCUT2D eigenvalue weighted by molar-refractivity contribution is 6.04. The summed E-state index contributed by atoms with van der Waals surface area (Å²) in [5.41, 5.74) is 3.79. The minimum Gasteiger partial charge on any atom is -0.496 e. The summed E-state index contributed by atoms with van der Waals surface area (Å²) >= 11 is 0. The summed E-state index contributed by atoms with van der Waals surface area (Å²) in [5.74, 6) is 0.373. The standard InChI is InChI=1S/C24H24N2O3/c1-17-14-19(12-13-22(17)29-2)15-23(27)26-21-11-7-6-10-20(21)24(28)25-16-18-8-4-3-5-9-18/h3-14H,15-16H2,1-2H3,(H,25,28)(H,26,27). The van der Waals surface area contributed by atoms with Crippen LogP contribution in [-0.2, 0) is 17.8 Å². The molecule has 0 unspecified atom stereocenters. The number of para-hydroxylation sites is 1. The Hall–Kier alpha value is -3.60. The Morgan fingerprint density at radius 2 is 1.62 bits per heavy atom. The molecule has 0 aromatic heterocycles. The van der Waals surface area contributed by atoms with Crippen molar-refractivity contribution < 1.29 is 14.3 Å². The number of amides is 2. The second kappa shape index (κ2) is 9.55. The predicted molar refractivity (Wildman–Crippen MR) is 114 cm³/mol. The van der Waals surface area contributed by atoms with Gasteiger partial charge in [0.05, 0.1) is 24.8 Å². The minimum absolute atomic E-state index is 0.183. The third kappa shape index (κ3) is 5.45. The number of aryl methyl sites for hydroxylation is 1. The van der Waals surface area contributed by atoms with Crippen LogP contribution in [0.1, 0.15) is 27.0 Å². The smallest absolute Gasteiger partial charge is 0.253 e. The van der Waals surface area contributed by atoms with Crippen molar-refractivity contribution in [3.8, 4) is 5.75 Å². The first-order valence-electron chi connectivity index (χ1n) is 9.41. The zero-order chi connectivity index (χ0) is 20.6. The van der Waals surface area contributed by atoms with Crippen LogP contribution in [0.25, 0.3) is 0 Å². The Labute approximate surface area is 170 Å². The van der Waals surface area contributed by atoms with Gasteiger partial charge in [-0.2, -0.15) is 0 Å². The van der Waals surface area contributed by atoms with Gasteiger partial charge in [-0.05, 0) is 41.8 Å². The van der Waals surface area contributed by atoms with E-state index < -0.39 is 0 Å². The number of anilines is 1. The lowest BCUT2D eigenvalue weighted by Gasteiger charge is -2.12. The SMILES string of the molecule is COc1ccc(CC(=O)Nc2ccccc2C(=O)NCc2ccccc2)cc1C. The molecule has 2 N–H and O–H groups in total. The molecule has 148 valence electrons. The molecule has 0 aliphatic carbocycles. The van der Waals surface area contributed by atoms with Gasteiger partial charge in [-0.25, -0.2) is 0 Å². The molecule has 0 fully saturated rings. The quantitative estimate of drug-likeness (QED) is 0.640. The van der Waals surface area contributed by atoms with Crippen LogP contribution in [-0.4, -0.2) is 18.9 Å². The molecule has 0 aliphatic rings. The highest BCUT2D eigenvalue weighted by atomic mass is 16.5. The highest BCUT2D eigenvalue weighted by Crippen LogP contribution is 2.20. The number of benzene rings is 3. The van der Waals surface area contributed by atoms with Crippen molar-refractivity contribution >= 4 is 17.5 Å². The van der Waals surface area contributed by atoms with Gasteiger partial charge in [0.1, 0.15) is 5.75 Å². The van der Waals surface area contributed by atoms with Gasteiger partial charge in [0.15, 0.2) is 0 Å². The molecular formula is C24H24N2O3. The second-order valence-corrected chi connectivity index (χ2v) is 6.74. The van der Waals surface area contributed by atoms with E-state index in [0.29, 0.717) is 17.8 Å². The molecular weight excluding hydrogens is 364 g/mol. The summed E-state index contributed by atoms with van der Waals surface area (Å²) in [7, 11) is 1.62. The van der Waals surface area contributed by atoms with Gasteiger partial charge >= 0.3 is 0 Å². The Bertz CT molecular complexity index is 1000. The normalized spacial score (nSPS) is 10.3. The third-order valence-corrected chi connectivity index (χ3v) is 4.57. The van der Waals surface area contributed by atoms with Crippen molar-refractivity contribution in [3.05, 3.63) is 95.1 Å². The monoisotopic (exact) mass is 388 g/mol. The average molecular weight is 388 g/mol. The van der Waals surface area contributed by atoms with Crippen molar-refractivity contribution in [2.75, 3.05) is 12.4 Å². The zero-order valence-corrected chi connectivity index (χ0v) is 16.6. The lowest BCUT2D eigenvalue weighted by molar-refractivity contribution is -0.115. The van der Waals surface area contributed by atoms with E-state index >= 15 is 0 Å². The molecule has 29 heavy (non-hydrogen) atoms. The summed E-state index contributed by atoms with van der Waals surface area (Å²) in [6, 6.07) is 22.3. The van der Waals surface area contributed by atoms with E-state index in [1.54, 1.807) is 31.4 Å². The largest absolute Gasteiger partial charge is 0.496 e. The molecule has 0 spiro atoms. The van der Waals surface area contributed by atoms with Crippen molar-refractivity contribution in [3.63, 3.8) is 0 Å². The fraction of sp³-hybridized carbons (Fsp3) is 0.167. The number of hydrogen-bond acceptors (Lipinski definition) is 3. The van der Waals surface area contributed by atoms with Gasteiger partial charge in [0, 0.05) is 6.54 Å². The first-order valence-corrected chi connectivity index (χ1v) is 9.41. The second-order valence-electron chi connectivity index (χ2n) is 6.74. The van der Waals surface area contributed by atoms with Gasteiger partial charge in [-0.3, -0.25) is 9.59 Å². The van der Waals surface area contributed by atoms with Crippen molar-refractivity contribution in [2.45, 2.75) is 19.9 Å². The van der Waals surface area contributed by atoms with Crippen LogP contribution in [0.2, 0.25) is 0 Å². The Kier molecular flexibility index (Phi) is 6.63. The lowest BCUT2D eigenvalue weighted by Crippen LogP contribution is -2.25. The number of nitrogens with one attached hydrogen (secondary N) is 2. The van der Waals surface area contributed by atoms with E-state index in [2.05, 4.69) is 10.6 Å². The molecule has 3 rings (SSSR count). The Morgan fingerprint density at radius 3 is 2.34 bits per heavy atom. The summed E-state index contributed by atoms with van der Waals surface area (Å²) in [6.07, 6.45) is 0.213. The first-order chi connectivity index (χ1) is 14.1. The molecule has 2 amide bonds. The van der Waals surface area contributed by atoms with Crippen LogP contribution in [0.15, 0.2) is 72.8 Å². The van der Waals surface area contributed by atoms with Gasteiger partial charge in [-0.1, -0.05) is 54.6 Å². The van der Waals surface area contributed by atoms with E-state index in [1.807, 2.05) is 55.5 Å². The topological polar surface area (TPSA) is 67.4 Å². The number of methoxy groups -OCH3 is 1. The van der Waals surface area contributed by atoms with Crippen molar-refractivity contribution in [2.24, 2.45) is 0 Å². The molecule has 0 radical (unpaired) electrons. The van der Waals surface area contributed by atoms with Gasteiger partial charge in [-0.15, -0.1) is 0 Å². The maximum atomic E-state index is 12.6. The molecule has 0 saturated heterocycles. The van der Waals surface area contributed by atoms with E-state index in [1.165, 1.54) is 0 Å². The van der Waals surface area contributed by atoms with Crippen molar-refractivity contribution in [1.29, 1.82) is 0 Å². The molecule has 5 nitrogen and oxygen atoms in total. The first kappa shape index (κ1) is 20.1. The van der Waals surface area contributed by atoms with Crippen LogP contribution in [0, 0.1) is 6.92 Å². The zero-order valence-electron chi connectivity index (χ0n) is 16.6. The molecule has 0 heterocycles. The number of ether oxygens (including phenoxy) is 1. The van der Waals surface area contributed by atoms with Gasteiger partial charge in [0.2, 0.25) is 5.91 Å². The van der Waals surface area contributed by atoms with Crippen LogP contribution >= 0.6 is 0 Å². The summed E-state index contributed by atoms with van der Waals surface area (Å²) in [5, 5.41) is 5.75. The fourth-order valence-corrected chi connectivity index (χ4v) is 3.09. The molecule has 0 saturated carbocycles. The maximum absolute atomic E-state index is 12.6. The lowest BCUT2D eigenvalue weighted by atomic mass is 10.1. The van der Waals surface area contributed by atoms with E-state index in [4.69, 9.17) is 4.74 Å². The summed E-state index contributed by atoms with van der Waals surface area (Å²) in [6.45, 7) is 2.36. The van der Waals surface area contributed by atoms with Crippen LogP contribution in [0.3, 0.4) is 0 Å². The fourth-order valence-electron chi connectivity index (χ4n) is 3.09. The van der Waals surface area contributed by atoms with Crippen molar-refractivity contribution in [1.82, 2.24) is 5.32 Å². The maximum Gasteiger partial charge on any atom is 0.253 e. The predicted octanol–water partition coefficient (Wildman–Crippen LogP) is 4.11. The number of hydrogen-bond donors (Lipinski definition) is 2. The Morgan fingerprint density at radius 1 is 0.897 bits per heavy atom. The van der Waals surface area contributed by atoms with Gasteiger partial charge < -0.3 is 15.4 Å². The van der Waals surface area contributed by atoms with E-state index in [0.717, 1.165) is 22.4 Å². The summed E-state index contributed by atoms with van der Waals surface area (Å²) in [4.78, 5) is 25.1. The number of carbonyl (C=O) groups excluding carboxylic acids is 2.